The van der Waals surface area contributed by atoms with Crippen molar-refractivity contribution in [3.63, 3.8) is 0 Å². The third-order valence-electron chi connectivity index (χ3n) is 2.68. The lowest BCUT2D eigenvalue weighted by molar-refractivity contribution is -0.131. The van der Waals surface area contributed by atoms with Crippen LogP contribution in [0.5, 0.6) is 0 Å². The largest absolute Gasteiger partial charge is 0.478 e. The van der Waals surface area contributed by atoms with E-state index >= 15 is 0 Å². The van der Waals surface area contributed by atoms with Gasteiger partial charge in [0.25, 0.3) is 0 Å². The number of aryl methyl sites for hydroxylation is 1. The fourth-order valence-corrected chi connectivity index (χ4v) is 1.61. The Bertz CT molecular complexity index is 443. The lowest BCUT2D eigenvalue weighted by Crippen LogP contribution is -2.21. The second kappa shape index (κ2) is 6.91. The Balaban J connectivity index is 2.40. The van der Waals surface area contributed by atoms with Gasteiger partial charge in [0.15, 0.2) is 0 Å². The summed E-state index contributed by atoms with van der Waals surface area (Å²) in [6, 6.07) is 5.11. The fourth-order valence-electron chi connectivity index (χ4n) is 1.61. The maximum Gasteiger partial charge on any atom is 0.328 e. The van der Waals surface area contributed by atoms with Crippen LogP contribution in [0, 0.1) is 12.7 Å². The van der Waals surface area contributed by atoms with Crippen LogP contribution in [0.2, 0.25) is 0 Å². The summed E-state index contributed by atoms with van der Waals surface area (Å²) in [4.78, 5) is 12.3. The summed E-state index contributed by atoms with van der Waals surface area (Å²) in [6.07, 6.45) is 3.56. The molecule has 0 saturated heterocycles. The lowest BCUT2D eigenvalue weighted by atomic mass is 10.1. The minimum absolute atomic E-state index is 0.184. The summed E-state index contributed by atoms with van der Waals surface area (Å²) in [5, 5.41) is 8.45. The first-order valence-corrected chi connectivity index (χ1v) is 5.82. The molecule has 0 amide bonds. The van der Waals surface area contributed by atoms with E-state index in [1.165, 1.54) is 6.07 Å². The highest BCUT2D eigenvalue weighted by atomic mass is 19.1. The normalized spacial score (nSPS) is 11.3. The van der Waals surface area contributed by atoms with Gasteiger partial charge in [-0.3, -0.25) is 0 Å². The van der Waals surface area contributed by atoms with Crippen molar-refractivity contribution < 1.29 is 14.3 Å². The molecule has 0 aliphatic carbocycles. The molecule has 1 N–H and O–H groups in total. The second-order valence-corrected chi connectivity index (χ2v) is 4.34. The van der Waals surface area contributed by atoms with E-state index in [1.54, 1.807) is 19.1 Å². The summed E-state index contributed by atoms with van der Waals surface area (Å²) in [7, 11) is 1.92. The summed E-state index contributed by atoms with van der Waals surface area (Å²) in [5.41, 5.74) is 1.74. The minimum atomic E-state index is -0.933. The van der Waals surface area contributed by atoms with Crippen LogP contribution in [-0.4, -0.2) is 36.1 Å². The van der Waals surface area contributed by atoms with E-state index in [4.69, 9.17) is 5.11 Å². The van der Waals surface area contributed by atoms with Gasteiger partial charge in [0.2, 0.25) is 0 Å². The van der Waals surface area contributed by atoms with Crippen molar-refractivity contribution in [3.8, 4) is 0 Å². The molecule has 0 fully saturated rings. The maximum atomic E-state index is 13.1. The molecule has 0 radical (unpaired) electrons. The first-order valence-electron chi connectivity index (χ1n) is 5.82. The molecule has 18 heavy (non-hydrogen) atoms. The molecule has 0 spiro atoms. The Hall–Kier alpha value is -1.68. The zero-order valence-electron chi connectivity index (χ0n) is 10.7. The Morgan fingerprint density at radius 1 is 1.50 bits per heavy atom. The number of carboxylic acids is 1. The van der Waals surface area contributed by atoms with Crippen LogP contribution in [0.25, 0.3) is 0 Å². The Kier molecular flexibility index (Phi) is 5.52. The number of benzene rings is 1. The molecule has 3 nitrogen and oxygen atoms in total. The van der Waals surface area contributed by atoms with Crippen molar-refractivity contribution in [3.05, 3.63) is 47.3 Å². The van der Waals surface area contributed by atoms with Crippen molar-refractivity contribution in [1.82, 2.24) is 4.90 Å². The van der Waals surface area contributed by atoms with Crippen LogP contribution in [0.4, 0.5) is 4.39 Å². The van der Waals surface area contributed by atoms with Gasteiger partial charge in [-0.05, 0) is 37.6 Å². The van der Waals surface area contributed by atoms with E-state index < -0.39 is 5.97 Å². The van der Waals surface area contributed by atoms with Crippen molar-refractivity contribution in [2.24, 2.45) is 0 Å². The number of carboxylic acid groups (broad SMARTS) is 1. The number of carbonyl (C=O) groups is 1. The first-order chi connectivity index (χ1) is 8.49. The number of rotatable bonds is 6. The molecule has 0 saturated carbocycles. The number of nitrogens with zero attached hydrogens (tertiary/aromatic N) is 1. The maximum absolute atomic E-state index is 13.1. The molecule has 0 unspecified atom stereocenters. The summed E-state index contributed by atoms with van der Waals surface area (Å²) in [5.74, 6) is -1.12. The van der Waals surface area contributed by atoms with Crippen LogP contribution in [0.1, 0.15) is 11.1 Å². The Labute approximate surface area is 107 Å². The number of likely N-dealkylation sites (N-methyl/N-ethyl adjacent to an activating group) is 1. The number of aliphatic carboxylic acids is 1. The van der Waals surface area contributed by atoms with Gasteiger partial charge in [0, 0.05) is 19.2 Å². The monoisotopic (exact) mass is 251 g/mol. The molecule has 0 aliphatic heterocycles. The smallest absolute Gasteiger partial charge is 0.328 e. The van der Waals surface area contributed by atoms with Gasteiger partial charge in [-0.1, -0.05) is 18.2 Å². The van der Waals surface area contributed by atoms with Crippen molar-refractivity contribution in [2.75, 3.05) is 20.1 Å². The van der Waals surface area contributed by atoms with Gasteiger partial charge in [-0.25, -0.2) is 9.18 Å². The van der Waals surface area contributed by atoms with E-state index in [0.29, 0.717) is 12.1 Å². The summed E-state index contributed by atoms with van der Waals surface area (Å²) in [6.45, 7) is 3.14. The predicted octanol–water partition coefficient (Wildman–Crippen LogP) is 2.25. The molecule has 0 heterocycles. The van der Waals surface area contributed by atoms with Crippen molar-refractivity contribution >= 4 is 5.97 Å². The molecule has 0 atom stereocenters. The molecule has 1 rings (SSSR count). The molecule has 4 heteroatoms. The highest BCUT2D eigenvalue weighted by molar-refractivity contribution is 5.79. The Morgan fingerprint density at radius 2 is 2.22 bits per heavy atom. The van der Waals surface area contributed by atoms with Gasteiger partial charge < -0.3 is 10.0 Å². The standard InChI is InChI=1S/C14H18FNO2/c1-11-10-12(5-6-13(11)15)7-9-16(2)8-3-4-14(17)18/h3-6,10H,7-9H2,1-2H3,(H,17,18)/b4-3+. The lowest BCUT2D eigenvalue weighted by Gasteiger charge is -2.14. The van der Waals surface area contributed by atoms with Crippen LogP contribution >= 0.6 is 0 Å². The van der Waals surface area contributed by atoms with Crippen LogP contribution in [0.3, 0.4) is 0 Å². The first kappa shape index (κ1) is 14.4. The molecule has 0 aromatic heterocycles. The van der Waals surface area contributed by atoms with Gasteiger partial charge in [-0.15, -0.1) is 0 Å². The minimum Gasteiger partial charge on any atom is -0.478 e. The van der Waals surface area contributed by atoms with Crippen LogP contribution in [0.15, 0.2) is 30.4 Å². The fraction of sp³-hybridized carbons (Fsp3) is 0.357. The highest BCUT2D eigenvalue weighted by Crippen LogP contribution is 2.09. The second-order valence-electron chi connectivity index (χ2n) is 4.34. The number of halogens is 1. The molecule has 0 aliphatic rings. The van der Waals surface area contributed by atoms with E-state index in [1.807, 2.05) is 18.0 Å². The molecule has 1 aromatic rings. The Morgan fingerprint density at radius 3 is 2.83 bits per heavy atom. The molecular formula is C14H18FNO2. The number of hydrogen-bond donors (Lipinski definition) is 1. The summed E-state index contributed by atoms with van der Waals surface area (Å²) < 4.78 is 13.1. The molecular weight excluding hydrogens is 233 g/mol. The molecule has 98 valence electrons. The predicted molar refractivity (Wildman–Crippen MR) is 69.1 cm³/mol. The van der Waals surface area contributed by atoms with Gasteiger partial charge in [0.1, 0.15) is 5.82 Å². The third kappa shape index (κ3) is 5.10. The van der Waals surface area contributed by atoms with Crippen LogP contribution < -0.4 is 0 Å². The zero-order chi connectivity index (χ0) is 13.5. The van der Waals surface area contributed by atoms with Gasteiger partial charge in [0.05, 0.1) is 0 Å². The van der Waals surface area contributed by atoms with E-state index in [2.05, 4.69) is 0 Å². The zero-order valence-corrected chi connectivity index (χ0v) is 10.7. The topological polar surface area (TPSA) is 40.5 Å². The van der Waals surface area contributed by atoms with Crippen molar-refractivity contribution in [2.45, 2.75) is 13.3 Å². The number of hydrogen-bond acceptors (Lipinski definition) is 2. The van der Waals surface area contributed by atoms with Gasteiger partial charge in [-0.2, -0.15) is 0 Å². The average molecular weight is 251 g/mol. The van der Waals surface area contributed by atoms with E-state index in [9.17, 15) is 9.18 Å². The molecule has 1 aromatic carbocycles. The highest BCUT2D eigenvalue weighted by Gasteiger charge is 2.01. The summed E-state index contributed by atoms with van der Waals surface area (Å²) >= 11 is 0. The molecule has 0 bridgehead atoms. The average Bonchev–Trinajstić information content (AvgIpc) is 2.30. The van der Waals surface area contributed by atoms with Gasteiger partial charge >= 0.3 is 5.97 Å². The van der Waals surface area contributed by atoms with E-state index in [0.717, 1.165) is 24.6 Å². The third-order valence-corrected chi connectivity index (χ3v) is 2.68. The van der Waals surface area contributed by atoms with Crippen LogP contribution in [-0.2, 0) is 11.2 Å². The van der Waals surface area contributed by atoms with E-state index in [-0.39, 0.29) is 5.82 Å². The quantitative estimate of drug-likeness (QED) is 0.788. The SMILES string of the molecule is Cc1cc(CCN(C)C/C=C/C(=O)O)ccc1F. The van der Waals surface area contributed by atoms with Crippen molar-refractivity contribution in [1.29, 1.82) is 0 Å².